The van der Waals surface area contributed by atoms with Crippen LogP contribution < -0.4 is 0 Å². The lowest BCUT2D eigenvalue weighted by atomic mass is 10.2. The summed E-state index contributed by atoms with van der Waals surface area (Å²) >= 11 is 1.37. The van der Waals surface area contributed by atoms with E-state index in [-0.39, 0.29) is 16.8 Å². The molecule has 1 aliphatic rings. The maximum absolute atomic E-state index is 12.6. The van der Waals surface area contributed by atoms with E-state index >= 15 is 0 Å². The van der Waals surface area contributed by atoms with E-state index in [4.69, 9.17) is 0 Å². The molecule has 2 heterocycles. The van der Waals surface area contributed by atoms with Crippen LogP contribution in [0.4, 0.5) is 5.69 Å². The number of carboxylic acid groups (broad SMARTS) is 1. The lowest BCUT2D eigenvalue weighted by molar-refractivity contribution is -0.384. The molecule has 1 amide bonds. The topological polar surface area (TPSA) is 106 Å². The highest BCUT2D eigenvalue weighted by molar-refractivity contribution is 8.00. The van der Waals surface area contributed by atoms with E-state index in [0.29, 0.717) is 12.3 Å². The summed E-state index contributed by atoms with van der Waals surface area (Å²) in [5.74, 6) is -1.24. The van der Waals surface area contributed by atoms with Crippen molar-refractivity contribution < 1.29 is 19.6 Å². The van der Waals surface area contributed by atoms with Crippen LogP contribution in [0.25, 0.3) is 0 Å². The van der Waals surface area contributed by atoms with E-state index in [0.717, 1.165) is 0 Å². The average molecular weight is 313 g/mol. The third kappa shape index (κ3) is 2.73. The number of thioether (sulfide) groups is 1. The normalized spacial score (nSPS) is 21.5. The second-order valence-electron chi connectivity index (χ2n) is 4.63. The van der Waals surface area contributed by atoms with Crippen LogP contribution in [-0.4, -0.2) is 48.5 Å². The molecule has 2 rings (SSSR count). The predicted molar refractivity (Wildman–Crippen MR) is 76.3 cm³/mol. The van der Waals surface area contributed by atoms with Crippen LogP contribution in [0.3, 0.4) is 0 Å². The minimum absolute atomic E-state index is 0.143. The predicted octanol–water partition coefficient (Wildman–Crippen LogP) is 1.40. The third-order valence-corrected chi connectivity index (χ3v) is 4.61. The van der Waals surface area contributed by atoms with E-state index < -0.39 is 22.8 Å². The van der Waals surface area contributed by atoms with Gasteiger partial charge in [0.15, 0.2) is 0 Å². The smallest absolute Gasteiger partial charge is 0.327 e. The molecular weight excluding hydrogens is 298 g/mol. The fourth-order valence-corrected chi connectivity index (χ4v) is 3.48. The highest BCUT2D eigenvalue weighted by atomic mass is 32.2. The number of hydrogen-bond donors (Lipinski definition) is 1. The van der Waals surface area contributed by atoms with Crippen molar-refractivity contribution in [3.05, 3.63) is 28.1 Å². The highest BCUT2D eigenvalue weighted by Crippen LogP contribution is 2.31. The Hall–Kier alpha value is -2.03. The zero-order valence-corrected chi connectivity index (χ0v) is 12.4. The third-order valence-electron chi connectivity index (χ3n) is 3.40. The number of hydrogen-bond acceptors (Lipinski definition) is 5. The Kier molecular flexibility index (Phi) is 4.21. The Morgan fingerprint density at radius 3 is 2.76 bits per heavy atom. The summed E-state index contributed by atoms with van der Waals surface area (Å²) in [6.07, 6.45) is 1.29. The SMILES string of the molecule is CCn1cc([N+](=O)[O-])cc1C(=O)N1C(C)SCC1C(=O)O. The number of nitrogens with zero attached hydrogens (tertiary/aromatic N) is 3. The molecule has 1 saturated heterocycles. The van der Waals surface area contributed by atoms with Gasteiger partial charge in [-0.25, -0.2) is 4.79 Å². The number of carboxylic acids is 1. The van der Waals surface area contributed by atoms with Crippen molar-refractivity contribution >= 4 is 29.3 Å². The van der Waals surface area contributed by atoms with Crippen molar-refractivity contribution in [2.45, 2.75) is 31.8 Å². The van der Waals surface area contributed by atoms with Gasteiger partial charge < -0.3 is 14.6 Å². The maximum Gasteiger partial charge on any atom is 0.327 e. The van der Waals surface area contributed by atoms with Gasteiger partial charge in [-0.05, 0) is 13.8 Å². The van der Waals surface area contributed by atoms with Gasteiger partial charge in [-0.2, -0.15) is 0 Å². The molecule has 1 aliphatic heterocycles. The van der Waals surface area contributed by atoms with Crippen molar-refractivity contribution in [3.63, 3.8) is 0 Å². The number of aryl methyl sites for hydroxylation is 1. The Labute approximate surface area is 124 Å². The van der Waals surface area contributed by atoms with Crippen LogP contribution in [0, 0.1) is 10.1 Å². The van der Waals surface area contributed by atoms with Gasteiger partial charge in [0.25, 0.3) is 11.6 Å². The first kappa shape index (κ1) is 15.4. The number of nitro groups is 1. The summed E-state index contributed by atoms with van der Waals surface area (Å²) in [7, 11) is 0. The molecule has 0 aromatic carbocycles. The van der Waals surface area contributed by atoms with Gasteiger partial charge in [-0.1, -0.05) is 0 Å². The number of amides is 1. The van der Waals surface area contributed by atoms with Crippen molar-refractivity contribution in [2.24, 2.45) is 0 Å². The molecule has 1 aromatic rings. The van der Waals surface area contributed by atoms with Gasteiger partial charge in [0.2, 0.25) is 0 Å². The monoisotopic (exact) mass is 313 g/mol. The van der Waals surface area contributed by atoms with Crippen LogP contribution in [0.15, 0.2) is 12.3 Å². The molecule has 1 aromatic heterocycles. The highest BCUT2D eigenvalue weighted by Gasteiger charge is 2.41. The molecule has 0 aliphatic carbocycles. The van der Waals surface area contributed by atoms with Crippen LogP contribution in [0.1, 0.15) is 24.3 Å². The molecular formula is C12H15N3O5S. The Bertz CT molecular complexity index is 600. The van der Waals surface area contributed by atoms with Crippen molar-refractivity contribution in [1.82, 2.24) is 9.47 Å². The summed E-state index contributed by atoms with van der Waals surface area (Å²) in [6.45, 7) is 3.90. The minimum Gasteiger partial charge on any atom is -0.480 e. The molecule has 0 radical (unpaired) electrons. The molecule has 8 nitrogen and oxygen atoms in total. The summed E-state index contributed by atoms with van der Waals surface area (Å²) in [6, 6.07) is 0.289. The van der Waals surface area contributed by atoms with Crippen molar-refractivity contribution in [3.8, 4) is 0 Å². The van der Waals surface area contributed by atoms with Gasteiger partial charge in [-0.15, -0.1) is 11.8 Å². The summed E-state index contributed by atoms with van der Waals surface area (Å²) in [5, 5.41) is 19.7. The van der Waals surface area contributed by atoms with E-state index in [1.54, 1.807) is 13.8 Å². The zero-order valence-electron chi connectivity index (χ0n) is 11.6. The fraction of sp³-hybridized carbons (Fsp3) is 0.500. The average Bonchev–Trinajstić information content (AvgIpc) is 3.01. The van der Waals surface area contributed by atoms with E-state index in [1.807, 2.05) is 0 Å². The summed E-state index contributed by atoms with van der Waals surface area (Å²) in [4.78, 5) is 35.4. The van der Waals surface area contributed by atoms with Crippen LogP contribution in [-0.2, 0) is 11.3 Å². The fourth-order valence-electron chi connectivity index (χ4n) is 2.31. The molecule has 1 fully saturated rings. The quantitative estimate of drug-likeness (QED) is 0.665. The molecule has 2 unspecified atom stereocenters. The number of aromatic nitrogens is 1. The molecule has 114 valence electrons. The lowest BCUT2D eigenvalue weighted by Crippen LogP contribution is -2.45. The Morgan fingerprint density at radius 2 is 2.24 bits per heavy atom. The second-order valence-corrected chi connectivity index (χ2v) is 5.97. The van der Waals surface area contributed by atoms with E-state index in [2.05, 4.69) is 0 Å². The first-order chi connectivity index (χ1) is 9.86. The van der Waals surface area contributed by atoms with E-state index in [9.17, 15) is 24.8 Å². The molecule has 0 spiro atoms. The largest absolute Gasteiger partial charge is 0.480 e. The van der Waals surface area contributed by atoms with Crippen LogP contribution >= 0.6 is 11.8 Å². The Morgan fingerprint density at radius 1 is 1.57 bits per heavy atom. The first-order valence-electron chi connectivity index (χ1n) is 6.38. The van der Waals surface area contributed by atoms with Gasteiger partial charge >= 0.3 is 5.97 Å². The molecule has 2 atom stereocenters. The molecule has 9 heteroatoms. The molecule has 0 saturated carbocycles. The molecule has 1 N–H and O–H groups in total. The standard InChI is InChI=1S/C12H15N3O5S/c1-3-13-5-8(15(19)20)4-9(13)11(16)14-7(2)21-6-10(14)12(17)18/h4-5,7,10H,3,6H2,1-2H3,(H,17,18). The van der Waals surface area contributed by atoms with Gasteiger partial charge in [0.05, 0.1) is 16.5 Å². The minimum atomic E-state index is -1.07. The summed E-state index contributed by atoms with van der Waals surface area (Å²) < 4.78 is 1.47. The van der Waals surface area contributed by atoms with Gasteiger partial charge in [0.1, 0.15) is 11.7 Å². The van der Waals surface area contributed by atoms with Crippen LogP contribution in [0.2, 0.25) is 0 Å². The van der Waals surface area contributed by atoms with Crippen LogP contribution in [0.5, 0.6) is 0 Å². The number of carbonyl (C=O) groups is 2. The number of carbonyl (C=O) groups excluding carboxylic acids is 1. The van der Waals surface area contributed by atoms with Gasteiger partial charge in [0, 0.05) is 18.4 Å². The number of rotatable bonds is 4. The van der Waals surface area contributed by atoms with E-state index in [1.165, 1.54) is 33.5 Å². The lowest BCUT2D eigenvalue weighted by Gasteiger charge is -2.25. The van der Waals surface area contributed by atoms with Crippen molar-refractivity contribution in [2.75, 3.05) is 5.75 Å². The number of aliphatic carboxylic acids is 1. The first-order valence-corrected chi connectivity index (χ1v) is 7.43. The van der Waals surface area contributed by atoms with Crippen molar-refractivity contribution in [1.29, 1.82) is 0 Å². The Balaban J connectivity index is 2.38. The van der Waals surface area contributed by atoms with Gasteiger partial charge in [-0.3, -0.25) is 14.9 Å². The maximum atomic E-state index is 12.6. The molecule has 21 heavy (non-hydrogen) atoms. The zero-order chi connectivity index (χ0) is 15.7. The second kappa shape index (κ2) is 5.76. The summed E-state index contributed by atoms with van der Waals surface area (Å²) in [5.41, 5.74) is -0.0311. The molecule has 0 bridgehead atoms.